The molecule has 0 amide bonds. The summed E-state index contributed by atoms with van der Waals surface area (Å²) in [6, 6.07) is 5.93. The molecule has 2 heterocycles. The van der Waals surface area contributed by atoms with E-state index in [2.05, 4.69) is 28.3 Å². The van der Waals surface area contributed by atoms with Crippen molar-refractivity contribution in [3.63, 3.8) is 0 Å². The Kier molecular flexibility index (Phi) is 4.20. The number of hydrogen-bond donors (Lipinski definition) is 2. The molecule has 0 saturated carbocycles. The number of nitrogen functional groups attached to an aromatic ring is 1. The molecule has 1 aliphatic heterocycles. The molecular formula is C13H22N4. The van der Waals surface area contributed by atoms with Crippen LogP contribution in [0, 0.1) is 5.92 Å². The minimum atomic E-state index is 0.734. The van der Waals surface area contributed by atoms with Crippen LogP contribution in [0.25, 0.3) is 0 Å². The summed E-state index contributed by atoms with van der Waals surface area (Å²) in [7, 11) is 0. The van der Waals surface area contributed by atoms with Gasteiger partial charge in [-0.1, -0.05) is 25.8 Å². The number of aromatic nitrogens is 1. The van der Waals surface area contributed by atoms with E-state index in [1.54, 1.807) is 0 Å². The van der Waals surface area contributed by atoms with Crippen molar-refractivity contribution in [3.05, 3.63) is 18.2 Å². The van der Waals surface area contributed by atoms with Crippen LogP contribution >= 0.6 is 0 Å². The SMILES string of the molecule is CCCC1CCN(c2cccc(NN)n2)CC1. The molecule has 17 heavy (non-hydrogen) atoms. The molecule has 0 radical (unpaired) electrons. The first-order valence-corrected chi connectivity index (χ1v) is 6.52. The van der Waals surface area contributed by atoms with Gasteiger partial charge in [0.2, 0.25) is 0 Å². The van der Waals surface area contributed by atoms with Crippen LogP contribution in [0.15, 0.2) is 18.2 Å². The molecule has 0 unspecified atom stereocenters. The van der Waals surface area contributed by atoms with E-state index < -0.39 is 0 Å². The van der Waals surface area contributed by atoms with Crippen molar-refractivity contribution in [2.45, 2.75) is 32.6 Å². The highest BCUT2D eigenvalue weighted by atomic mass is 15.3. The van der Waals surface area contributed by atoms with Crippen molar-refractivity contribution in [2.75, 3.05) is 23.4 Å². The molecule has 94 valence electrons. The standard InChI is InChI=1S/C13H22N4/c1-2-4-11-7-9-17(10-8-11)13-6-3-5-12(15-13)16-14/h3,5-6,11H,2,4,7-10,14H2,1H3,(H,15,16). The highest BCUT2D eigenvalue weighted by Gasteiger charge is 2.19. The minimum absolute atomic E-state index is 0.734. The van der Waals surface area contributed by atoms with Crippen LogP contribution in [0.5, 0.6) is 0 Å². The topological polar surface area (TPSA) is 54.2 Å². The molecule has 4 nitrogen and oxygen atoms in total. The predicted octanol–water partition coefficient (Wildman–Crippen LogP) is 2.38. The number of pyridine rings is 1. The van der Waals surface area contributed by atoms with Gasteiger partial charge in [0.05, 0.1) is 0 Å². The lowest BCUT2D eigenvalue weighted by Gasteiger charge is -2.32. The maximum absolute atomic E-state index is 5.38. The van der Waals surface area contributed by atoms with Crippen molar-refractivity contribution in [1.29, 1.82) is 0 Å². The lowest BCUT2D eigenvalue weighted by molar-refractivity contribution is 0.377. The molecule has 0 aromatic carbocycles. The third kappa shape index (κ3) is 3.09. The van der Waals surface area contributed by atoms with Crippen molar-refractivity contribution >= 4 is 11.6 Å². The number of nitrogens with two attached hydrogens (primary N) is 1. The van der Waals surface area contributed by atoms with Gasteiger partial charge in [0.25, 0.3) is 0 Å². The van der Waals surface area contributed by atoms with Crippen LogP contribution in [0.4, 0.5) is 11.6 Å². The Hall–Kier alpha value is -1.29. The zero-order chi connectivity index (χ0) is 12.1. The first-order chi connectivity index (χ1) is 8.33. The number of hydrazine groups is 1. The van der Waals surface area contributed by atoms with E-state index in [1.165, 1.54) is 25.7 Å². The van der Waals surface area contributed by atoms with Gasteiger partial charge in [-0.2, -0.15) is 0 Å². The van der Waals surface area contributed by atoms with Crippen LogP contribution < -0.4 is 16.2 Å². The van der Waals surface area contributed by atoms with Crippen molar-refractivity contribution in [3.8, 4) is 0 Å². The second-order valence-corrected chi connectivity index (χ2v) is 4.74. The number of rotatable bonds is 4. The summed E-state index contributed by atoms with van der Waals surface area (Å²) in [4.78, 5) is 6.83. The van der Waals surface area contributed by atoms with E-state index in [9.17, 15) is 0 Å². The fourth-order valence-electron chi connectivity index (χ4n) is 2.54. The number of piperidine rings is 1. The maximum Gasteiger partial charge on any atom is 0.142 e. The highest BCUT2D eigenvalue weighted by Crippen LogP contribution is 2.25. The van der Waals surface area contributed by atoms with Gasteiger partial charge in [-0.15, -0.1) is 0 Å². The zero-order valence-electron chi connectivity index (χ0n) is 10.5. The van der Waals surface area contributed by atoms with Crippen LogP contribution in [-0.2, 0) is 0 Å². The molecule has 3 N–H and O–H groups in total. The molecule has 1 saturated heterocycles. The largest absolute Gasteiger partial charge is 0.357 e. The third-order valence-electron chi connectivity index (χ3n) is 3.52. The van der Waals surface area contributed by atoms with Gasteiger partial charge in [0.1, 0.15) is 11.6 Å². The van der Waals surface area contributed by atoms with Crippen molar-refractivity contribution < 1.29 is 0 Å². The van der Waals surface area contributed by atoms with E-state index in [0.29, 0.717) is 0 Å². The van der Waals surface area contributed by atoms with E-state index in [-0.39, 0.29) is 0 Å². The van der Waals surface area contributed by atoms with Gasteiger partial charge in [0, 0.05) is 13.1 Å². The Labute approximate surface area is 103 Å². The van der Waals surface area contributed by atoms with E-state index in [4.69, 9.17) is 5.84 Å². The second-order valence-electron chi connectivity index (χ2n) is 4.74. The zero-order valence-corrected chi connectivity index (χ0v) is 10.5. The van der Waals surface area contributed by atoms with Gasteiger partial charge in [-0.3, -0.25) is 0 Å². The Morgan fingerprint density at radius 2 is 2.18 bits per heavy atom. The Balaban J connectivity index is 1.95. The average molecular weight is 234 g/mol. The first-order valence-electron chi connectivity index (χ1n) is 6.52. The fraction of sp³-hybridized carbons (Fsp3) is 0.615. The normalized spacial score (nSPS) is 17.2. The second kappa shape index (κ2) is 5.87. The lowest BCUT2D eigenvalue weighted by Crippen LogP contribution is -2.34. The fourth-order valence-corrected chi connectivity index (χ4v) is 2.54. The lowest BCUT2D eigenvalue weighted by atomic mass is 9.92. The Morgan fingerprint density at radius 3 is 2.82 bits per heavy atom. The monoisotopic (exact) mass is 234 g/mol. The van der Waals surface area contributed by atoms with Gasteiger partial charge < -0.3 is 10.3 Å². The van der Waals surface area contributed by atoms with E-state index in [1.807, 2.05) is 12.1 Å². The van der Waals surface area contributed by atoms with Gasteiger partial charge in [-0.05, 0) is 30.9 Å². The molecule has 1 aromatic heterocycles. The van der Waals surface area contributed by atoms with Gasteiger partial charge >= 0.3 is 0 Å². The molecule has 0 aliphatic carbocycles. The molecule has 0 bridgehead atoms. The van der Waals surface area contributed by atoms with E-state index >= 15 is 0 Å². The van der Waals surface area contributed by atoms with E-state index in [0.717, 1.165) is 30.6 Å². The minimum Gasteiger partial charge on any atom is -0.357 e. The summed E-state index contributed by atoms with van der Waals surface area (Å²) in [6.45, 7) is 4.50. The number of nitrogens with one attached hydrogen (secondary N) is 1. The first kappa shape index (κ1) is 12.2. The molecule has 4 heteroatoms. The summed E-state index contributed by atoms with van der Waals surface area (Å²) >= 11 is 0. The average Bonchev–Trinajstić information content (AvgIpc) is 2.40. The third-order valence-corrected chi connectivity index (χ3v) is 3.52. The van der Waals surface area contributed by atoms with Gasteiger partial charge in [0.15, 0.2) is 0 Å². The maximum atomic E-state index is 5.38. The quantitative estimate of drug-likeness (QED) is 0.620. The molecular weight excluding hydrogens is 212 g/mol. The molecule has 0 atom stereocenters. The Bertz CT molecular complexity index is 345. The number of anilines is 2. The molecule has 1 aliphatic rings. The summed E-state index contributed by atoms with van der Waals surface area (Å²) in [5, 5.41) is 0. The number of hydrogen-bond acceptors (Lipinski definition) is 4. The summed E-state index contributed by atoms with van der Waals surface area (Å²) < 4.78 is 0. The van der Waals surface area contributed by atoms with Crippen LogP contribution in [0.1, 0.15) is 32.6 Å². The van der Waals surface area contributed by atoms with Crippen LogP contribution in [0.3, 0.4) is 0 Å². The summed E-state index contributed by atoms with van der Waals surface area (Å²) in [5.41, 5.74) is 2.60. The predicted molar refractivity (Wildman–Crippen MR) is 71.9 cm³/mol. The summed E-state index contributed by atoms with van der Waals surface area (Å²) in [5.74, 6) is 8.06. The van der Waals surface area contributed by atoms with Gasteiger partial charge in [-0.25, -0.2) is 10.8 Å². The molecule has 1 aromatic rings. The van der Waals surface area contributed by atoms with Crippen molar-refractivity contribution in [2.24, 2.45) is 11.8 Å². The summed E-state index contributed by atoms with van der Waals surface area (Å²) in [6.07, 6.45) is 5.24. The van der Waals surface area contributed by atoms with Crippen LogP contribution in [-0.4, -0.2) is 18.1 Å². The smallest absolute Gasteiger partial charge is 0.142 e. The van der Waals surface area contributed by atoms with Crippen LogP contribution in [0.2, 0.25) is 0 Å². The molecule has 0 spiro atoms. The number of nitrogens with zero attached hydrogens (tertiary/aromatic N) is 2. The highest BCUT2D eigenvalue weighted by molar-refractivity contribution is 5.46. The molecule has 1 fully saturated rings. The molecule has 2 rings (SSSR count). The van der Waals surface area contributed by atoms with Crippen molar-refractivity contribution in [1.82, 2.24) is 4.98 Å². The Morgan fingerprint density at radius 1 is 1.41 bits per heavy atom.